The summed E-state index contributed by atoms with van der Waals surface area (Å²) in [5.41, 5.74) is 2.19. The quantitative estimate of drug-likeness (QED) is 0.451. The summed E-state index contributed by atoms with van der Waals surface area (Å²) >= 11 is 7.23. The standard InChI is InChI=1S/C21H22ClN3O2S/c1-4-14(3)25-20(27)16-7-5-6-8-18(16)24-21(25)28-12-19(26)23-17-10-9-15(22)11-13(17)2/h5-11,14H,4,12H2,1-3H3,(H,23,26)/t14-/m0/s1. The number of thioether (sulfide) groups is 1. The minimum Gasteiger partial charge on any atom is -0.325 e. The first-order chi connectivity index (χ1) is 13.4. The molecular formula is C21H22ClN3O2S. The molecule has 0 saturated carbocycles. The number of hydrogen-bond acceptors (Lipinski definition) is 4. The number of aromatic nitrogens is 2. The first-order valence-corrected chi connectivity index (χ1v) is 10.5. The van der Waals surface area contributed by atoms with Crippen LogP contribution in [0, 0.1) is 6.92 Å². The van der Waals surface area contributed by atoms with Crippen LogP contribution in [0.15, 0.2) is 52.4 Å². The van der Waals surface area contributed by atoms with Gasteiger partial charge in [0.2, 0.25) is 5.91 Å². The zero-order chi connectivity index (χ0) is 20.3. The third-order valence-corrected chi connectivity index (χ3v) is 5.79. The van der Waals surface area contributed by atoms with Gasteiger partial charge in [-0.2, -0.15) is 0 Å². The van der Waals surface area contributed by atoms with Crippen LogP contribution < -0.4 is 10.9 Å². The Kier molecular flexibility index (Phi) is 6.42. The van der Waals surface area contributed by atoms with E-state index in [0.717, 1.165) is 17.7 Å². The second-order valence-electron chi connectivity index (χ2n) is 6.64. The van der Waals surface area contributed by atoms with E-state index in [2.05, 4.69) is 10.3 Å². The zero-order valence-electron chi connectivity index (χ0n) is 16.0. The van der Waals surface area contributed by atoms with E-state index in [1.807, 2.05) is 39.0 Å². The van der Waals surface area contributed by atoms with Crippen molar-refractivity contribution in [1.82, 2.24) is 9.55 Å². The molecule has 0 radical (unpaired) electrons. The van der Waals surface area contributed by atoms with E-state index >= 15 is 0 Å². The van der Waals surface area contributed by atoms with Crippen LogP contribution in [0.2, 0.25) is 5.02 Å². The van der Waals surface area contributed by atoms with Crippen LogP contribution in [0.1, 0.15) is 31.9 Å². The molecule has 0 bridgehead atoms. The molecular weight excluding hydrogens is 394 g/mol. The largest absolute Gasteiger partial charge is 0.325 e. The van der Waals surface area contributed by atoms with Gasteiger partial charge in [-0.3, -0.25) is 14.2 Å². The summed E-state index contributed by atoms with van der Waals surface area (Å²) in [5.74, 6) is -0.00273. The number of nitrogens with zero attached hydrogens (tertiary/aromatic N) is 2. The fourth-order valence-electron chi connectivity index (χ4n) is 2.88. The van der Waals surface area contributed by atoms with Gasteiger partial charge in [-0.1, -0.05) is 42.4 Å². The van der Waals surface area contributed by atoms with Gasteiger partial charge in [0.25, 0.3) is 5.56 Å². The molecule has 7 heteroatoms. The maximum absolute atomic E-state index is 13.0. The van der Waals surface area contributed by atoms with Crippen LogP contribution in [0.4, 0.5) is 5.69 Å². The smallest absolute Gasteiger partial charge is 0.262 e. The van der Waals surface area contributed by atoms with E-state index in [9.17, 15) is 9.59 Å². The van der Waals surface area contributed by atoms with E-state index in [1.165, 1.54) is 11.8 Å². The van der Waals surface area contributed by atoms with E-state index in [-0.39, 0.29) is 23.3 Å². The third-order valence-electron chi connectivity index (χ3n) is 4.60. The molecule has 0 aliphatic carbocycles. The second-order valence-corrected chi connectivity index (χ2v) is 8.02. The summed E-state index contributed by atoms with van der Waals surface area (Å²) in [4.78, 5) is 30.0. The zero-order valence-corrected chi connectivity index (χ0v) is 17.6. The molecule has 2 aromatic carbocycles. The molecule has 0 unspecified atom stereocenters. The molecule has 146 valence electrons. The molecule has 0 aliphatic rings. The molecule has 1 atom stereocenters. The lowest BCUT2D eigenvalue weighted by Gasteiger charge is -2.18. The van der Waals surface area contributed by atoms with Crippen LogP contribution in [-0.4, -0.2) is 21.2 Å². The van der Waals surface area contributed by atoms with E-state index in [4.69, 9.17) is 11.6 Å². The molecule has 1 amide bonds. The number of anilines is 1. The molecule has 3 aromatic rings. The number of fused-ring (bicyclic) bond motifs is 1. The maximum atomic E-state index is 13.0. The highest BCUT2D eigenvalue weighted by Crippen LogP contribution is 2.24. The van der Waals surface area contributed by atoms with Crippen molar-refractivity contribution in [3.63, 3.8) is 0 Å². The van der Waals surface area contributed by atoms with Gasteiger partial charge in [0, 0.05) is 16.8 Å². The highest BCUT2D eigenvalue weighted by atomic mass is 35.5. The number of rotatable bonds is 6. The van der Waals surface area contributed by atoms with Gasteiger partial charge in [0.05, 0.1) is 16.7 Å². The molecule has 5 nitrogen and oxygen atoms in total. The van der Waals surface area contributed by atoms with Crippen molar-refractivity contribution in [2.24, 2.45) is 0 Å². The van der Waals surface area contributed by atoms with Gasteiger partial charge in [-0.25, -0.2) is 4.98 Å². The number of nitrogens with one attached hydrogen (secondary N) is 1. The highest BCUT2D eigenvalue weighted by Gasteiger charge is 2.17. The molecule has 3 rings (SSSR count). The lowest BCUT2D eigenvalue weighted by molar-refractivity contribution is -0.113. The Labute approximate surface area is 173 Å². The Morgan fingerprint density at radius 2 is 2.04 bits per heavy atom. The topological polar surface area (TPSA) is 64.0 Å². The molecule has 1 aromatic heterocycles. The average molecular weight is 416 g/mol. The van der Waals surface area contributed by atoms with Crippen molar-refractivity contribution >= 4 is 45.9 Å². The normalized spacial score (nSPS) is 12.1. The summed E-state index contributed by atoms with van der Waals surface area (Å²) in [7, 11) is 0. The molecule has 0 saturated heterocycles. The minimum atomic E-state index is -0.159. The Morgan fingerprint density at radius 3 is 2.75 bits per heavy atom. The Balaban J connectivity index is 1.85. The number of carbonyl (C=O) groups excluding carboxylic acids is 1. The van der Waals surface area contributed by atoms with Gasteiger partial charge in [-0.15, -0.1) is 0 Å². The number of halogens is 1. The van der Waals surface area contributed by atoms with Gasteiger partial charge in [0.15, 0.2) is 5.16 Å². The predicted molar refractivity (Wildman–Crippen MR) is 117 cm³/mol. The second kappa shape index (κ2) is 8.80. The Bertz CT molecular complexity index is 1080. The van der Waals surface area contributed by atoms with Crippen LogP contribution in [0.5, 0.6) is 0 Å². The Hall–Kier alpha value is -2.31. The molecule has 1 heterocycles. The van der Waals surface area contributed by atoms with Gasteiger partial charge in [0.1, 0.15) is 0 Å². The summed E-state index contributed by atoms with van der Waals surface area (Å²) in [6.07, 6.45) is 0.795. The molecule has 0 fully saturated rings. The summed E-state index contributed by atoms with van der Waals surface area (Å²) in [5, 5.41) is 4.66. The number of carbonyl (C=O) groups is 1. The van der Waals surface area contributed by atoms with Crippen molar-refractivity contribution in [2.75, 3.05) is 11.1 Å². The van der Waals surface area contributed by atoms with Crippen molar-refractivity contribution in [1.29, 1.82) is 0 Å². The molecule has 0 aliphatic heterocycles. The summed E-state index contributed by atoms with van der Waals surface area (Å²) in [6.45, 7) is 5.90. The lowest BCUT2D eigenvalue weighted by atomic mass is 10.2. The van der Waals surface area contributed by atoms with Crippen molar-refractivity contribution < 1.29 is 4.79 Å². The van der Waals surface area contributed by atoms with Crippen molar-refractivity contribution in [3.8, 4) is 0 Å². The minimum absolute atomic E-state index is 0.00585. The monoisotopic (exact) mass is 415 g/mol. The number of para-hydroxylation sites is 1. The predicted octanol–water partition coefficient (Wildman–Crippen LogP) is 5.06. The van der Waals surface area contributed by atoms with Crippen molar-refractivity contribution in [3.05, 3.63) is 63.4 Å². The number of aryl methyl sites for hydroxylation is 1. The van der Waals surface area contributed by atoms with Gasteiger partial charge in [-0.05, 0) is 56.2 Å². The molecule has 1 N–H and O–H groups in total. The van der Waals surface area contributed by atoms with Crippen LogP contribution in [-0.2, 0) is 4.79 Å². The summed E-state index contributed by atoms with van der Waals surface area (Å²) in [6, 6.07) is 12.6. The SMILES string of the molecule is CC[C@H](C)n1c(SCC(=O)Nc2ccc(Cl)cc2C)nc2ccccc2c1=O. The van der Waals surface area contributed by atoms with Crippen LogP contribution >= 0.6 is 23.4 Å². The third kappa shape index (κ3) is 4.39. The maximum Gasteiger partial charge on any atom is 0.262 e. The first kappa shape index (κ1) is 20.4. The average Bonchev–Trinajstić information content (AvgIpc) is 2.68. The summed E-state index contributed by atoms with van der Waals surface area (Å²) < 4.78 is 1.69. The number of hydrogen-bond donors (Lipinski definition) is 1. The molecule has 28 heavy (non-hydrogen) atoms. The molecule has 0 spiro atoms. The Morgan fingerprint density at radius 1 is 1.29 bits per heavy atom. The van der Waals surface area contributed by atoms with E-state index in [0.29, 0.717) is 21.1 Å². The van der Waals surface area contributed by atoms with Crippen LogP contribution in [0.25, 0.3) is 10.9 Å². The van der Waals surface area contributed by atoms with Gasteiger partial charge >= 0.3 is 0 Å². The highest BCUT2D eigenvalue weighted by molar-refractivity contribution is 7.99. The number of benzene rings is 2. The van der Waals surface area contributed by atoms with E-state index < -0.39 is 0 Å². The lowest BCUT2D eigenvalue weighted by Crippen LogP contribution is -2.26. The van der Waals surface area contributed by atoms with E-state index in [1.54, 1.807) is 28.8 Å². The van der Waals surface area contributed by atoms with Gasteiger partial charge < -0.3 is 5.32 Å². The van der Waals surface area contributed by atoms with Crippen molar-refractivity contribution in [2.45, 2.75) is 38.4 Å². The van der Waals surface area contributed by atoms with Crippen LogP contribution in [0.3, 0.4) is 0 Å². The fourth-order valence-corrected chi connectivity index (χ4v) is 4.01. The fraction of sp³-hybridized carbons (Fsp3) is 0.286. The number of amides is 1. The first-order valence-electron chi connectivity index (χ1n) is 9.10.